The van der Waals surface area contributed by atoms with Crippen LogP contribution in [0.25, 0.3) is 4.91 Å². The zero-order chi connectivity index (χ0) is 9.68. The first-order chi connectivity index (χ1) is 6.24. The van der Waals surface area contributed by atoms with Crippen molar-refractivity contribution >= 4 is 27.5 Å². The molecule has 3 heteroatoms. The normalized spacial score (nSPS) is 14.2. The van der Waals surface area contributed by atoms with Gasteiger partial charge in [-0.15, -0.1) is 11.8 Å². The highest BCUT2D eigenvalue weighted by Gasteiger charge is 1.98. The molecule has 1 rings (SSSR count). The van der Waals surface area contributed by atoms with E-state index in [1.807, 2.05) is 36.6 Å². The first kappa shape index (κ1) is 10.5. The largest absolute Gasteiger partial charge is 0.255 e. The van der Waals surface area contributed by atoms with E-state index in [0.717, 1.165) is 10.5 Å². The van der Waals surface area contributed by atoms with Crippen LogP contribution in [-0.2, 0) is 10.8 Å². The molecule has 0 aliphatic carbocycles. The SMILES string of the molecule is CS/C(=C\[S@@](C)=O)c1ccccc1. The quantitative estimate of drug-likeness (QED) is 0.766. The molecule has 0 aliphatic rings. The van der Waals surface area contributed by atoms with Gasteiger partial charge in [0.2, 0.25) is 0 Å². The van der Waals surface area contributed by atoms with Crippen molar-refractivity contribution in [2.24, 2.45) is 0 Å². The van der Waals surface area contributed by atoms with Gasteiger partial charge in [0.25, 0.3) is 0 Å². The van der Waals surface area contributed by atoms with E-state index < -0.39 is 10.8 Å². The molecule has 0 unspecified atom stereocenters. The summed E-state index contributed by atoms with van der Waals surface area (Å²) >= 11 is 1.62. The molecule has 1 nitrogen and oxygen atoms in total. The second-order valence-corrected chi connectivity index (χ2v) is 4.63. The summed E-state index contributed by atoms with van der Waals surface area (Å²) in [5.74, 6) is 0. The number of thioether (sulfide) groups is 1. The van der Waals surface area contributed by atoms with E-state index in [1.54, 1.807) is 23.4 Å². The second kappa shape index (κ2) is 5.25. The molecule has 0 N–H and O–H groups in total. The monoisotopic (exact) mass is 212 g/mol. The summed E-state index contributed by atoms with van der Waals surface area (Å²) in [6, 6.07) is 9.99. The molecule has 0 saturated heterocycles. The fourth-order valence-corrected chi connectivity index (χ4v) is 2.59. The minimum absolute atomic E-state index is 0.879. The Balaban J connectivity index is 2.98. The molecule has 0 aromatic heterocycles. The average Bonchev–Trinajstić information content (AvgIpc) is 2.15. The summed E-state index contributed by atoms with van der Waals surface area (Å²) in [6.45, 7) is 0. The summed E-state index contributed by atoms with van der Waals surface area (Å²) in [7, 11) is -0.879. The van der Waals surface area contributed by atoms with Crippen LogP contribution in [0.5, 0.6) is 0 Å². The van der Waals surface area contributed by atoms with E-state index in [-0.39, 0.29) is 0 Å². The van der Waals surface area contributed by atoms with Crippen LogP contribution in [0.1, 0.15) is 5.56 Å². The summed E-state index contributed by atoms with van der Waals surface area (Å²) in [6.07, 6.45) is 3.67. The number of rotatable bonds is 3. The Labute approximate surface area is 85.7 Å². The standard InChI is InChI=1S/C10H12OS2/c1-12-10(8-13(2)11)9-6-4-3-5-7-9/h3-8H,1-2H3/b10-8-/t13-/m1/s1. The molecule has 1 aromatic carbocycles. The van der Waals surface area contributed by atoms with Gasteiger partial charge in [-0.2, -0.15) is 0 Å². The summed E-state index contributed by atoms with van der Waals surface area (Å²) < 4.78 is 11.0. The van der Waals surface area contributed by atoms with Crippen LogP contribution in [-0.4, -0.2) is 16.7 Å². The lowest BCUT2D eigenvalue weighted by molar-refractivity contribution is 0.692. The second-order valence-electron chi connectivity index (χ2n) is 2.55. The maximum Gasteiger partial charge on any atom is 0.0436 e. The minimum atomic E-state index is -0.879. The predicted octanol–water partition coefficient (Wildman–Crippen LogP) is 2.73. The Morgan fingerprint density at radius 3 is 2.46 bits per heavy atom. The van der Waals surface area contributed by atoms with Gasteiger partial charge in [0.15, 0.2) is 0 Å². The maximum atomic E-state index is 11.0. The molecule has 0 bridgehead atoms. The van der Waals surface area contributed by atoms with Crippen LogP contribution in [0.3, 0.4) is 0 Å². The highest BCUT2D eigenvalue weighted by atomic mass is 32.2. The number of hydrogen-bond acceptors (Lipinski definition) is 2. The Bertz CT molecular complexity index is 317. The first-order valence-electron chi connectivity index (χ1n) is 3.87. The Kier molecular flexibility index (Phi) is 4.25. The molecule has 0 heterocycles. The first-order valence-corrected chi connectivity index (χ1v) is 6.72. The third-order valence-corrected chi connectivity index (χ3v) is 3.06. The van der Waals surface area contributed by atoms with E-state index in [9.17, 15) is 4.21 Å². The molecule has 70 valence electrons. The van der Waals surface area contributed by atoms with Crippen molar-refractivity contribution < 1.29 is 4.21 Å². The van der Waals surface area contributed by atoms with Gasteiger partial charge in [0, 0.05) is 27.4 Å². The lowest BCUT2D eigenvalue weighted by atomic mass is 10.2. The highest BCUT2D eigenvalue weighted by molar-refractivity contribution is 8.08. The van der Waals surface area contributed by atoms with Crippen molar-refractivity contribution in [1.29, 1.82) is 0 Å². The molecular weight excluding hydrogens is 200 g/mol. The molecule has 0 saturated carbocycles. The third-order valence-electron chi connectivity index (χ3n) is 1.55. The van der Waals surface area contributed by atoms with E-state index >= 15 is 0 Å². The topological polar surface area (TPSA) is 17.1 Å². The van der Waals surface area contributed by atoms with Crippen LogP contribution in [0.15, 0.2) is 35.7 Å². The molecule has 0 aliphatic heterocycles. The van der Waals surface area contributed by atoms with Crippen molar-refractivity contribution in [3.8, 4) is 0 Å². The number of hydrogen-bond donors (Lipinski definition) is 0. The van der Waals surface area contributed by atoms with Gasteiger partial charge in [-0.05, 0) is 11.8 Å². The zero-order valence-electron chi connectivity index (χ0n) is 7.69. The number of benzene rings is 1. The van der Waals surface area contributed by atoms with Crippen molar-refractivity contribution in [3.05, 3.63) is 41.3 Å². The van der Waals surface area contributed by atoms with Gasteiger partial charge in [-0.3, -0.25) is 4.21 Å². The van der Waals surface area contributed by atoms with Crippen molar-refractivity contribution in [2.75, 3.05) is 12.5 Å². The van der Waals surface area contributed by atoms with E-state index in [4.69, 9.17) is 0 Å². The summed E-state index contributed by atoms with van der Waals surface area (Å²) in [4.78, 5) is 1.07. The Morgan fingerprint density at radius 1 is 1.38 bits per heavy atom. The van der Waals surface area contributed by atoms with Gasteiger partial charge in [0.1, 0.15) is 0 Å². The van der Waals surface area contributed by atoms with Crippen LogP contribution >= 0.6 is 11.8 Å². The van der Waals surface area contributed by atoms with Crippen LogP contribution < -0.4 is 0 Å². The van der Waals surface area contributed by atoms with Gasteiger partial charge in [0.05, 0.1) is 0 Å². The molecule has 0 amide bonds. The highest BCUT2D eigenvalue weighted by Crippen LogP contribution is 2.24. The van der Waals surface area contributed by atoms with Crippen LogP contribution in [0.4, 0.5) is 0 Å². The van der Waals surface area contributed by atoms with Gasteiger partial charge >= 0.3 is 0 Å². The molecule has 0 fully saturated rings. The average molecular weight is 212 g/mol. The van der Waals surface area contributed by atoms with Crippen LogP contribution in [0, 0.1) is 0 Å². The lowest BCUT2D eigenvalue weighted by Crippen LogP contribution is -1.82. The van der Waals surface area contributed by atoms with Gasteiger partial charge < -0.3 is 0 Å². The Hall–Kier alpha value is -0.540. The zero-order valence-corrected chi connectivity index (χ0v) is 9.32. The van der Waals surface area contributed by atoms with E-state index in [0.29, 0.717) is 0 Å². The third kappa shape index (κ3) is 3.36. The lowest BCUT2D eigenvalue weighted by Gasteiger charge is -2.02. The maximum absolute atomic E-state index is 11.0. The Morgan fingerprint density at radius 2 is 2.00 bits per heavy atom. The van der Waals surface area contributed by atoms with Crippen molar-refractivity contribution in [3.63, 3.8) is 0 Å². The van der Waals surface area contributed by atoms with Gasteiger partial charge in [-0.1, -0.05) is 30.3 Å². The molecular formula is C10H12OS2. The van der Waals surface area contributed by atoms with Crippen molar-refractivity contribution in [1.82, 2.24) is 0 Å². The van der Waals surface area contributed by atoms with Crippen LogP contribution in [0.2, 0.25) is 0 Å². The smallest absolute Gasteiger partial charge is 0.0436 e. The summed E-state index contributed by atoms with van der Waals surface area (Å²) in [5.41, 5.74) is 1.13. The molecule has 0 radical (unpaired) electrons. The van der Waals surface area contributed by atoms with E-state index in [1.165, 1.54) is 0 Å². The molecule has 1 atom stereocenters. The summed E-state index contributed by atoms with van der Waals surface area (Å²) in [5, 5.41) is 1.78. The van der Waals surface area contributed by atoms with Gasteiger partial charge in [-0.25, -0.2) is 0 Å². The van der Waals surface area contributed by atoms with Crippen molar-refractivity contribution in [2.45, 2.75) is 0 Å². The predicted molar refractivity (Wildman–Crippen MR) is 62.0 cm³/mol. The molecule has 0 spiro atoms. The minimum Gasteiger partial charge on any atom is -0.255 e. The fraction of sp³-hybridized carbons (Fsp3) is 0.200. The van der Waals surface area contributed by atoms with E-state index in [2.05, 4.69) is 0 Å². The molecule has 13 heavy (non-hydrogen) atoms. The fourth-order valence-electron chi connectivity index (χ4n) is 0.987. The molecule has 1 aromatic rings.